The lowest BCUT2D eigenvalue weighted by atomic mass is 9.78. The Morgan fingerprint density at radius 1 is 1.09 bits per heavy atom. The van der Waals surface area contributed by atoms with Gasteiger partial charge in [0.25, 0.3) is 0 Å². The van der Waals surface area contributed by atoms with E-state index in [1.807, 2.05) is 0 Å². The molecular formula is C21H31BN4O6. The number of phenolic OH excluding ortho intramolecular Hbond substituents is 1. The van der Waals surface area contributed by atoms with Crippen molar-refractivity contribution in [3.05, 3.63) is 29.8 Å². The molecule has 174 valence electrons. The highest BCUT2D eigenvalue weighted by atomic mass is 16.4. The van der Waals surface area contributed by atoms with E-state index in [0.29, 0.717) is 38.8 Å². The van der Waals surface area contributed by atoms with Crippen LogP contribution in [-0.2, 0) is 20.8 Å². The van der Waals surface area contributed by atoms with Gasteiger partial charge in [-0.3, -0.25) is 14.4 Å². The fourth-order valence-corrected chi connectivity index (χ4v) is 4.49. The van der Waals surface area contributed by atoms with Gasteiger partial charge < -0.3 is 36.0 Å². The summed E-state index contributed by atoms with van der Waals surface area (Å²) in [5.74, 6) is -1.69. The van der Waals surface area contributed by atoms with E-state index in [1.165, 1.54) is 21.9 Å². The van der Waals surface area contributed by atoms with Crippen LogP contribution in [0.1, 0.15) is 38.2 Å². The van der Waals surface area contributed by atoms with Crippen LogP contribution in [0.5, 0.6) is 5.75 Å². The number of carbonyl (C=O) groups excluding carboxylic acids is 3. The second kappa shape index (κ2) is 10.3. The summed E-state index contributed by atoms with van der Waals surface area (Å²) < 4.78 is 0. The monoisotopic (exact) mass is 446 g/mol. The number of aromatic hydroxyl groups is 1. The summed E-state index contributed by atoms with van der Waals surface area (Å²) in [7, 11) is -1.62. The summed E-state index contributed by atoms with van der Waals surface area (Å²) in [6, 6.07) is 4.04. The molecule has 0 aliphatic carbocycles. The van der Waals surface area contributed by atoms with Crippen LogP contribution in [0.25, 0.3) is 0 Å². The van der Waals surface area contributed by atoms with Gasteiger partial charge >= 0.3 is 7.12 Å². The largest absolute Gasteiger partial charge is 0.508 e. The zero-order valence-electron chi connectivity index (χ0n) is 18.2. The SMILES string of the molecule is C[C@H](NC(=O)[C@@H]1CCCN1C(=O)[C@@H](N)Cc1ccc(O)cc1)C(=O)N1CCC[C@H]1B(O)O. The number of nitrogens with zero attached hydrogens (tertiary/aromatic N) is 2. The summed E-state index contributed by atoms with van der Waals surface area (Å²) in [5.41, 5.74) is 6.91. The van der Waals surface area contributed by atoms with E-state index in [9.17, 15) is 29.5 Å². The molecule has 11 heteroatoms. The van der Waals surface area contributed by atoms with Gasteiger partial charge in [0.05, 0.1) is 12.0 Å². The van der Waals surface area contributed by atoms with E-state index >= 15 is 0 Å². The molecule has 3 rings (SSSR count). The first-order valence-electron chi connectivity index (χ1n) is 11.0. The number of rotatable bonds is 7. The lowest BCUT2D eigenvalue weighted by Crippen LogP contribution is -2.56. The smallest absolute Gasteiger partial charge is 0.475 e. The predicted molar refractivity (Wildman–Crippen MR) is 117 cm³/mol. The van der Waals surface area contributed by atoms with Crippen LogP contribution in [0.15, 0.2) is 24.3 Å². The van der Waals surface area contributed by atoms with Gasteiger partial charge in [0.2, 0.25) is 17.7 Å². The fourth-order valence-electron chi connectivity index (χ4n) is 4.49. The van der Waals surface area contributed by atoms with Crippen LogP contribution < -0.4 is 11.1 Å². The van der Waals surface area contributed by atoms with Crippen LogP contribution in [0.3, 0.4) is 0 Å². The second-order valence-corrected chi connectivity index (χ2v) is 8.55. The van der Waals surface area contributed by atoms with E-state index in [0.717, 1.165) is 5.56 Å². The number of phenols is 1. The molecule has 10 nitrogen and oxygen atoms in total. The number of likely N-dealkylation sites (tertiary alicyclic amines) is 2. The number of benzene rings is 1. The van der Waals surface area contributed by atoms with Crippen molar-refractivity contribution in [1.29, 1.82) is 0 Å². The summed E-state index contributed by atoms with van der Waals surface area (Å²) >= 11 is 0. The van der Waals surface area contributed by atoms with E-state index in [1.54, 1.807) is 19.1 Å². The number of hydrogen-bond donors (Lipinski definition) is 5. The Morgan fingerprint density at radius 3 is 2.38 bits per heavy atom. The topological polar surface area (TPSA) is 156 Å². The molecule has 1 aromatic carbocycles. The Hall–Kier alpha value is -2.63. The Morgan fingerprint density at radius 2 is 1.72 bits per heavy atom. The van der Waals surface area contributed by atoms with Crippen molar-refractivity contribution in [3.63, 3.8) is 0 Å². The summed E-state index contributed by atoms with van der Waals surface area (Å²) in [6.07, 6.45) is 2.57. The normalized spacial score (nSPS) is 22.5. The first-order chi connectivity index (χ1) is 15.2. The number of nitrogens with one attached hydrogen (secondary N) is 1. The van der Waals surface area contributed by atoms with Crippen LogP contribution in [-0.4, -0.2) is 87.0 Å². The average molecular weight is 446 g/mol. The van der Waals surface area contributed by atoms with Gasteiger partial charge in [-0.05, 0) is 56.7 Å². The maximum absolute atomic E-state index is 12.9. The van der Waals surface area contributed by atoms with E-state index < -0.39 is 37.1 Å². The third-order valence-corrected chi connectivity index (χ3v) is 6.20. The minimum Gasteiger partial charge on any atom is -0.508 e. The first kappa shape index (κ1) is 24.0. The van der Waals surface area contributed by atoms with Crippen molar-refractivity contribution in [2.24, 2.45) is 5.73 Å². The van der Waals surface area contributed by atoms with Gasteiger partial charge in [-0.2, -0.15) is 0 Å². The summed E-state index contributed by atoms with van der Waals surface area (Å²) in [5, 5.41) is 31.0. The molecule has 3 amide bonds. The molecule has 0 aromatic heterocycles. The number of nitrogens with two attached hydrogens (primary N) is 1. The van der Waals surface area contributed by atoms with E-state index in [-0.39, 0.29) is 24.0 Å². The Balaban J connectivity index is 1.58. The third-order valence-electron chi connectivity index (χ3n) is 6.20. The van der Waals surface area contributed by atoms with Crippen LogP contribution in [0, 0.1) is 0 Å². The lowest BCUT2D eigenvalue weighted by molar-refractivity contribution is -0.141. The molecule has 2 aliphatic heterocycles. The van der Waals surface area contributed by atoms with Crippen molar-refractivity contribution in [1.82, 2.24) is 15.1 Å². The summed E-state index contributed by atoms with van der Waals surface area (Å²) in [4.78, 5) is 41.4. The Labute approximate surface area is 187 Å². The number of carbonyl (C=O) groups is 3. The molecule has 0 radical (unpaired) electrons. The first-order valence-corrected chi connectivity index (χ1v) is 11.0. The Bertz CT molecular complexity index is 836. The van der Waals surface area contributed by atoms with Crippen molar-refractivity contribution >= 4 is 24.8 Å². The van der Waals surface area contributed by atoms with Gasteiger partial charge in [-0.1, -0.05) is 12.1 Å². The van der Waals surface area contributed by atoms with Gasteiger partial charge in [0.1, 0.15) is 17.8 Å². The summed E-state index contributed by atoms with van der Waals surface area (Å²) in [6.45, 7) is 2.37. The number of amides is 3. The third kappa shape index (κ3) is 5.40. The average Bonchev–Trinajstić information content (AvgIpc) is 3.44. The van der Waals surface area contributed by atoms with Crippen LogP contribution >= 0.6 is 0 Å². The van der Waals surface area contributed by atoms with E-state index in [2.05, 4.69) is 5.32 Å². The highest BCUT2D eigenvalue weighted by molar-refractivity contribution is 6.43. The minimum absolute atomic E-state index is 0.127. The standard InChI is InChI=1S/C21H31BN4O6/c1-13(20(29)26-11-3-5-18(26)22(31)32)24-19(28)17-4-2-10-25(17)21(30)16(23)12-14-6-8-15(27)9-7-14/h6-9,13,16-18,27,31-32H,2-5,10-12,23H2,1H3,(H,24,28)/t13-,16-,17-,18-/m0/s1. The molecule has 2 heterocycles. The molecule has 4 atom stereocenters. The molecule has 6 N–H and O–H groups in total. The van der Waals surface area contributed by atoms with Crippen LogP contribution in [0.2, 0.25) is 0 Å². The second-order valence-electron chi connectivity index (χ2n) is 8.55. The lowest BCUT2D eigenvalue weighted by Gasteiger charge is -2.30. The van der Waals surface area contributed by atoms with Gasteiger partial charge in [-0.15, -0.1) is 0 Å². The van der Waals surface area contributed by atoms with Gasteiger partial charge in [0, 0.05) is 13.1 Å². The molecule has 32 heavy (non-hydrogen) atoms. The predicted octanol–water partition coefficient (Wildman–Crippen LogP) is -1.24. The highest BCUT2D eigenvalue weighted by Gasteiger charge is 2.40. The molecule has 2 aliphatic rings. The van der Waals surface area contributed by atoms with E-state index in [4.69, 9.17) is 5.73 Å². The molecule has 0 spiro atoms. The Kier molecular flexibility index (Phi) is 7.75. The quantitative estimate of drug-likeness (QED) is 0.328. The molecule has 2 saturated heterocycles. The van der Waals surface area contributed by atoms with Gasteiger partial charge in [-0.25, -0.2) is 0 Å². The maximum atomic E-state index is 12.9. The molecule has 0 bridgehead atoms. The van der Waals surface area contributed by atoms with Crippen molar-refractivity contribution in [2.45, 2.75) is 63.1 Å². The fraction of sp³-hybridized carbons (Fsp3) is 0.571. The minimum atomic E-state index is -1.62. The number of hydrogen-bond acceptors (Lipinski definition) is 7. The van der Waals surface area contributed by atoms with Crippen molar-refractivity contribution < 1.29 is 29.5 Å². The van der Waals surface area contributed by atoms with Crippen LogP contribution in [0.4, 0.5) is 0 Å². The van der Waals surface area contributed by atoms with Crippen molar-refractivity contribution in [3.8, 4) is 5.75 Å². The molecule has 2 fully saturated rings. The molecule has 0 unspecified atom stereocenters. The van der Waals surface area contributed by atoms with Crippen molar-refractivity contribution in [2.75, 3.05) is 13.1 Å². The zero-order chi connectivity index (χ0) is 23.4. The molecule has 1 aromatic rings. The van der Waals surface area contributed by atoms with Gasteiger partial charge in [0.15, 0.2) is 0 Å². The maximum Gasteiger partial charge on any atom is 0.475 e. The highest BCUT2D eigenvalue weighted by Crippen LogP contribution is 2.21. The zero-order valence-corrected chi connectivity index (χ0v) is 18.2. The molecule has 0 saturated carbocycles. The molecular weight excluding hydrogens is 415 g/mol.